The molecule has 0 saturated carbocycles. The zero-order valence-electron chi connectivity index (χ0n) is 21.4. The molecule has 0 aliphatic carbocycles. The maximum atomic E-state index is 13.9. The Morgan fingerprint density at radius 2 is 1.89 bits per heavy atom. The summed E-state index contributed by atoms with van der Waals surface area (Å²) in [4.78, 5) is 15.3. The van der Waals surface area contributed by atoms with E-state index in [0.29, 0.717) is 50.2 Å². The van der Waals surface area contributed by atoms with Crippen LogP contribution in [-0.2, 0) is 11.3 Å². The van der Waals surface area contributed by atoms with Crippen LogP contribution >= 0.6 is 0 Å². The fraction of sp³-hybridized carbons (Fsp3) is 0.536. The highest BCUT2D eigenvalue weighted by Crippen LogP contribution is 2.46. The number of fused-ring (bicyclic) bond motifs is 1. The van der Waals surface area contributed by atoms with Crippen LogP contribution in [0.3, 0.4) is 0 Å². The Kier molecular flexibility index (Phi) is 7.67. The van der Waals surface area contributed by atoms with Crippen molar-refractivity contribution in [1.29, 1.82) is 0 Å². The minimum absolute atomic E-state index is 0.0153. The van der Waals surface area contributed by atoms with E-state index in [4.69, 9.17) is 14.2 Å². The molecule has 1 atom stereocenters. The van der Waals surface area contributed by atoms with Crippen LogP contribution in [0, 0.1) is 5.82 Å². The SMILES string of the molecule is CNCc1cc(C(=O)N2CCC3(CC2)CC(OC(C)C)c2cc(F)ccc2O3)ccc1OC(C)C. The molecule has 2 aliphatic heterocycles. The maximum Gasteiger partial charge on any atom is 0.253 e. The van der Waals surface area contributed by atoms with E-state index in [1.807, 2.05) is 57.8 Å². The third-order valence-electron chi connectivity index (χ3n) is 6.64. The van der Waals surface area contributed by atoms with Crippen molar-refractivity contribution in [3.8, 4) is 11.5 Å². The van der Waals surface area contributed by atoms with E-state index < -0.39 is 5.60 Å². The van der Waals surface area contributed by atoms with Gasteiger partial charge in [-0.1, -0.05) is 0 Å². The Balaban J connectivity index is 1.48. The van der Waals surface area contributed by atoms with Crippen molar-refractivity contribution in [2.24, 2.45) is 0 Å². The van der Waals surface area contributed by atoms with Gasteiger partial charge in [0.25, 0.3) is 5.91 Å². The molecule has 4 rings (SSSR count). The minimum Gasteiger partial charge on any atom is -0.491 e. The molecule has 1 N–H and O–H groups in total. The molecule has 2 heterocycles. The van der Waals surface area contributed by atoms with Gasteiger partial charge in [0.05, 0.1) is 18.3 Å². The van der Waals surface area contributed by atoms with Crippen LogP contribution in [0.15, 0.2) is 36.4 Å². The highest BCUT2D eigenvalue weighted by atomic mass is 19.1. The molecule has 190 valence electrons. The first-order valence-electron chi connectivity index (χ1n) is 12.6. The average molecular weight is 485 g/mol. The monoisotopic (exact) mass is 484 g/mol. The predicted molar refractivity (Wildman–Crippen MR) is 133 cm³/mol. The van der Waals surface area contributed by atoms with E-state index in [1.165, 1.54) is 12.1 Å². The van der Waals surface area contributed by atoms with Crippen LogP contribution in [0.5, 0.6) is 11.5 Å². The number of carbonyl (C=O) groups is 1. The van der Waals surface area contributed by atoms with E-state index in [9.17, 15) is 9.18 Å². The van der Waals surface area contributed by atoms with Gasteiger partial charge in [0, 0.05) is 55.6 Å². The van der Waals surface area contributed by atoms with Crippen molar-refractivity contribution in [2.75, 3.05) is 20.1 Å². The summed E-state index contributed by atoms with van der Waals surface area (Å²) in [6.45, 7) is 9.77. The summed E-state index contributed by atoms with van der Waals surface area (Å²) in [5, 5.41) is 3.15. The van der Waals surface area contributed by atoms with Gasteiger partial charge in [-0.15, -0.1) is 0 Å². The van der Waals surface area contributed by atoms with E-state index in [-0.39, 0.29) is 30.0 Å². The molecule has 6 nitrogen and oxygen atoms in total. The largest absolute Gasteiger partial charge is 0.491 e. The number of likely N-dealkylation sites (tertiary alicyclic amines) is 1. The summed E-state index contributed by atoms with van der Waals surface area (Å²) < 4.78 is 32.5. The van der Waals surface area contributed by atoms with Crippen molar-refractivity contribution in [3.05, 3.63) is 58.9 Å². The van der Waals surface area contributed by atoms with Crippen molar-refractivity contribution < 1.29 is 23.4 Å². The number of rotatable bonds is 7. The third-order valence-corrected chi connectivity index (χ3v) is 6.64. The van der Waals surface area contributed by atoms with Crippen LogP contribution in [0.2, 0.25) is 0 Å². The van der Waals surface area contributed by atoms with Gasteiger partial charge < -0.3 is 24.4 Å². The lowest BCUT2D eigenvalue weighted by Gasteiger charge is -2.47. The molecular formula is C28H37FN2O4. The van der Waals surface area contributed by atoms with E-state index in [1.54, 1.807) is 6.07 Å². The smallest absolute Gasteiger partial charge is 0.253 e. The summed E-state index contributed by atoms with van der Waals surface area (Å²) in [6.07, 6.45) is 1.90. The molecule has 1 saturated heterocycles. The molecule has 2 aromatic rings. The molecule has 0 bridgehead atoms. The van der Waals surface area contributed by atoms with Crippen LogP contribution in [-0.4, -0.2) is 48.8 Å². The summed E-state index contributed by atoms with van der Waals surface area (Å²) in [6, 6.07) is 10.3. The number of hydrogen-bond acceptors (Lipinski definition) is 5. The highest BCUT2D eigenvalue weighted by molar-refractivity contribution is 5.94. The molecule has 1 unspecified atom stereocenters. The lowest BCUT2D eigenvalue weighted by Crippen LogP contribution is -2.52. The maximum absolute atomic E-state index is 13.9. The number of halogens is 1. The highest BCUT2D eigenvalue weighted by Gasteiger charge is 2.45. The number of amides is 1. The molecule has 1 spiro atoms. The molecule has 0 aromatic heterocycles. The topological polar surface area (TPSA) is 60.0 Å². The van der Waals surface area contributed by atoms with Crippen molar-refractivity contribution in [1.82, 2.24) is 10.2 Å². The zero-order valence-corrected chi connectivity index (χ0v) is 21.4. The number of hydrogen-bond donors (Lipinski definition) is 1. The van der Waals surface area contributed by atoms with Gasteiger partial charge in [-0.3, -0.25) is 4.79 Å². The van der Waals surface area contributed by atoms with Crippen LogP contribution in [0.25, 0.3) is 0 Å². The van der Waals surface area contributed by atoms with Gasteiger partial charge in [-0.05, 0) is 71.1 Å². The van der Waals surface area contributed by atoms with Crippen molar-refractivity contribution in [2.45, 2.75) is 77.4 Å². The Labute approximate surface area is 207 Å². The zero-order chi connectivity index (χ0) is 25.2. The normalized spacial score (nSPS) is 19.1. The van der Waals surface area contributed by atoms with Crippen molar-refractivity contribution >= 4 is 5.91 Å². The van der Waals surface area contributed by atoms with Crippen LogP contribution in [0.1, 0.15) is 74.5 Å². The Morgan fingerprint density at radius 1 is 1.14 bits per heavy atom. The van der Waals surface area contributed by atoms with Gasteiger partial charge in [-0.25, -0.2) is 4.39 Å². The van der Waals surface area contributed by atoms with Gasteiger partial charge in [0.15, 0.2) is 0 Å². The molecule has 2 aromatic carbocycles. The summed E-state index contributed by atoms with van der Waals surface area (Å²) in [7, 11) is 1.88. The molecule has 2 aliphatic rings. The molecule has 1 fully saturated rings. The molecule has 7 heteroatoms. The average Bonchev–Trinajstić information content (AvgIpc) is 2.80. The van der Waals surface area contributed by atoms with Crippen LogP contribution in [0.4, 0.5) is 4.39 Å². The second-order valence-electron chi connectivity index (χ2n) is 10.2. The van der Waals surface area contributed by atoms with E-state index >= 15 is 0 Å². The second kappa shape index (κ2) is 10.5. The first-order valence-corrected chi connectivity index (χ1v) is 12.6. The number of piperidine rings is 1. The number of nitrogens with zero attached hydrogens (tertiary/aromatic N) is 1. The second-order valence-corrected chi connectivity index (χ2v) is 10.2. The van der Waals surface area contributed by atoms with Crippen LogP contribution < -0.4 is 14.8 Å². The fourth-order valence-corrected chi connectivity index (χ4v) is 5.05. The van der Waals surface area contributed by atoms with Gasteiger partial charge >= 0.3 is 0 Å². The first kappa shape index (κ1) is 25.5. The predicted octanol–water partition coefficient (Wildman–Crippen LogP) is 5.26. The molecule has 1 amide bonds. The molecule has 35 heavy (non-hydrogen) atoms. The summed E-state index contributed by atoms with van der Waals surface area (Å²) in [5.41, 5.74) is 1.97. The number of benzene rings is 2. The minimum atomic E-state index is -0.423. The lowest BCUT2D eigenvalue weighted by atomic mass is 9.81. The summed E-state index contributed by atoms with van der Waals surface area (Å²) >= 11 is 0. The third kappa shape index (κ3) is 5.78. The van der Waals surface area contributed by atoms with E-state index in [2.05, 4.69) is 5.32 Å². The number of carbonyl (C=O) groups excluding carboxylic acids is 1. The summed E-state index contributed by atoms with van der Waals surface area (Å²) in [5.74, 6) is 1.20. The number of ether oxygens (including phenoxy) is 3. The van der Waals surface area contributed by atoms with Gasteiger partial charge in [-0.2, -0.15) is 0 Å². The molecular weight excluding hydrogens is 447 g/mol. The standard InChI is InChI=1S/C28H37FN2O4/c1-18(2)33-24-8-6-20(14-21(24)17-30-5)27(32)31-12-10-28(11-13-31)16-26(34-19(3)4)23-15-22(29)7-9-25(23)35-28/h6-9,14-15,18-19,26,30H,10-13,16-17H2,1-5H3. The quantitative estimate of drug-likeness (QED) is 0.581. The van der Waals surface area contributed by atoms with E-state index in [0.717, 1.165) is 16.9 Å². The first-order chi connectivity index (χ1) is 16.7. The Hall–Kier alpha value is -2.64. The molecule has 0 radical (unpaired) electrons. The van der Waals surface area contributed by atoms with Gasteiger partial charge in [0.2, 0.25) is 0 Å². The lowest BCUT2D eigenvalue weighted by molar-refractivity contribution is -0.0873. The van der Waals surface area contributed by atoms with Gasteiger partial charge in [0.1, 0.15) is 22.9 Å². The Morgan fingerprint density at radius 3 is 2.54 bits per heavy atom. The fourth-order valence-electron chi connectivity index (χ4n) is 5.05. The van der Waals surface area contributed by atoms with Crippen molar-refractivity contribution in [3.63, 3.8) is 0 Å². The number of nitrogens with one attached hydrogen (secondary N) is 1. The Bertz CT molecular complexity index is 1050.